The molecule has 26 bridgehead atoms. The van der Waals surface area contributed by atoms with E-state index in [4.69, 9.17) is 123 Å². The van der Waals surface area contributed by atoms with Crippen molar-refractivity contribution in [3.05, 3.63) is 0 Å². The van der Waals surface area contributed by atoms with E-state index in [1.807, 2.05) is 0 Å². The molecule has 0 amide bonds. The molecule has 43 saturated heterocycles. The first-order chi connectivity index (χ1) is 68.1. The summed E-state index contributed by atoms with van der Waals surface area (Å²) in [7, 11) is 0. The van der Waals surface area contributed by atoms with Crippen molar-refractivity contribution in [3.8, 4) is 0 Å². The van der Waals surface area contributed by atoms with Gasteiger partial charge in [0.15, 0.2) is 81.8 Å². The minimum atomic E-state index is -2.21. The van der Waals surface area contributed by atoms with E-state index < -0.39 is 485 Å². The summed E-state index contributed by atoms with van der Waals surface area (Å²) in [4.78, 5) is 0. The molecule has 39 N–H and O–H groups in total. The Morgan fingerprint density at radius 3 is 0.189 bits per heavy atom. The van der Waals surface area contributed by atoms with Crippen molar-refractivity contribution < 1.29 is 322 Å². The largest absolute Gasteiger partial charge is 0.394 e. The van der Waals surface area contributed by atoms with Crippen LogP contribution in [0.5, 0.6) is 0 Å². The molecule has 43 aliphatic rings. The van der Waals surface area contributed by atoms with Crippen LogP contribution in [0.15, 0.2) is 0 Å². The van der Waals surface area contributed by atoms with Crippen LogP contribution < -0.4 is 0 Å². The summed E-state index contributed by atoms with van der Waals surface area (Å²) in [6.07, 6.45) is -129. The van der Waals surface area contributed by atoms with Gasteiger partial charge < -0.3 is 322 Å². The summed E-state index contributed by atoms with van der Waals surface area (Å²) >= 11 is 0. The lowest BCUT2D eigenvalue weighted by atomic mass is 9.94. The molecule has 0 aliphatic carbocycles. The van der Waals surface area contributed by atoms with Gasteiger partial charge >= 0.3 is 0 Å². The highest BCUT2D eigenvalue weighted by Crippen LogP contribution is 2.44. The van der Waals surface area contributed by atoms with Gasteiger partial charge in [-0.1, -0.05) is 0 Å². The first-order valence-corrected chi connectivity index (χ1v) is 45.7. The summed E-state index contributed by atoms with van der Waals surface area (Å²) in [6.45, 7) is -13.3. The van der Waals surface area contributed by atoms with Gasteiger partial charge in [-0.15, -0.1) is 0 Å². The highest BCUT2D eigenvalue weighted by Gasteiger charge is 2.65. The lowest BCUT2D eigenvalue weighted by Crippen LogP contribution is -2.69. The molecule has 43 heterocycles. The van der Waals surface area contributed by atoms with Crippen molar-refractivity contribution in [1.82, 2.24) is 0 Å². The number of aliphatic hydroxyl groups excluding tert-OH is 39. The van der Waals surface area contributed by atoms with Crippen LogP contribution >= 0.6 is 0 Å². The number of hydrogen-bond acceptors (Lipinski definition) is 65. The second kappa shape index (κ2) is 49.9. The molecule has 43 rings (SSSR count). The van der Waals surface area contributed by atoms with Gasteiger partial charge in [0.05, 0.1) is 85.9 Å². The molecule has 0 radical (unpaired) electrons. The predicted molar refractivity (Wildman–Crippen MR) is 424 cm³/mol. The van der Waals surface area contributed by atoms with E-state index in [0.29, 0.717) is 0 Å². The predicted octanol–water partition coefficient (Wildman–Crippen LogP) is -28.3. The highest BCUT2D eigenvalue weighted by molar-refractivity contribution is 5.07. The molecule has 0 aromatic carbocycles. The summed E-state index contributed by atoms with van der Waals surface area (Å²) in [5.74, 6) is 0. The lowest BCUT2D eigenvalue weighted by Gasteiger charge is -2.50. The molecule has 0 aromatic heterocycles. The molecular weight excluding hydrogens is 1980 g/mol. The normalized spacial score (nSPS) is 55.4. The summed E-state index contributed by atoms with van der Waals surface area (Å²) in [6, 6.07) is 0. The smallest absolute Gasteiger partial charge is 0.187 e. The van der Waals surface area contributed by atoms with Crippen LogP contribution in [0.3, 0.4) is 0 Å². The van der Waals surface area contributed by atoms with Gasteiger partial charge in [-0.05, 0) is 0 Å². The van der Waals surface area contributed by atoms with Crippen molar-refractivity contribution in [2.75, 3.05) is 85.9 Å². The fraction of sp³-hybridized carbons (Fsp3) is 1.00. The Morgan fingerprint density at radius 2 is 0.140 bits per heavy atom. The third-order valence-electron chi connectivity index (χ3n) is 27.5. The molecule has 0 spiro atoms. The summed E-state index contributed by atoms with van der Waals surface area (Å²) in [5, 5.41) is 426. The zero-order valence-electron chi connectivity index (χ0n) is 74.8. The molecule has 65 heteroatoms. The fourth-order valence-electron chi connectivity index (χ4n) is 19.3. The van der Waals surface area contributed by atoms with Crippen molar-refractivity contribution in [2.24, 2.45) is 0 Å². The van der Waals surface area contributed by atoms with Crippen LogP contribution in [-0.4, -0.2) is 684 Å². The lowest BCUT2D eigenvalue weighted by molar-refractivity contribution is -0.404. The molecule has 65 atom stereocenters. The van der Waals surface area contributed by atoms with Crippen LogP contribution in [0.25, 0.3) is 0 Å². The maximum atomic E-state index is 11.3. The van der Waals surface area contributed by atoms with Crippen LogP contribution in [0, 0.1) is 0 Å². The molecule has 0 aromatic rings. The minimum Gasteiger partial charge on any atom is -0.394 e. The van der Waals surface area contributed by atoms with Gasteiger partial charge in [0.2, 0.25) is 0 Å². The second-order valence-corrected chi connectivity index (χ2v) is 36.5. The molecular formula is C78H130O65. The highest BCUT2D eigenvalue weighted by atomic mass is 16.8. The van der Waals surface area contributed by atoms with E-state index in [2.05, 4.69) is 0 Å². The van der Waals surface area contributed by atoms with Crippen molar-refractivity contribution in [3.63, 3.8) is 0 Å². The quantitative estimate of drug-likeness (QED) is 0.0814. The van der Waals surface area contributed by atoms with E-state index in [9.17, 15) is 199 Å². The van der Waals surface area contributed by atoms with E-state index in [1.165, 1.54) is 0 Å². The van der Waals surface area contributed by atoms with Gasteiger partial charge in [0, 0.05) is 0 Å². The third-order valence-corrected chi connectivity index (χ3v) is 27.5. The number of hydrogen-bond donors (Lipinski definition) is 39. The van der Waals surface area contributed by atoms with Gasteiger partial charge in [0.25, 0.3) is 0 Å². The standard InChI is InChI=1S/C42H70O35.C36H60O30/c43-1-8-29-15(50)22(57)36(64-8)72-30-9(2-44)66-38(24(59)17(30)52)74-32-11(4-46)68-40(26(61)19(32)54)76-34-13(6-48)70-42(28(63)21(34)56)77-35-14(7-49)69-41(27(62)20(35)55)75-33-12(5-47)67-39(25(60)18(33)53)73-31-10(3-45)65-37(71-29)23(58)16(31)51;37-1-7-25-13(43)19(49)31(55-7)62-26-8(2-38)57-33(21(51)15(26)45)64-28-10(4-40)59-35(23(53)17(28)47)66-30-12(6-42)60-36(24(54)18(30)48)65-29-11(5-41)58-34(22(52)16(29)46)63-27-9(3-39)56-32(61-25)20(50)14(27)44/h8-63H,1-7H2;7-54H,1-6H2/t8-,9-,10-,11-,12-,13-,14-,15-,16-,17-,18-,19-,20-,21-,22-,23-,24-,25-,26-,27-,28-,29-,30-,31-,32-,33?,34?,35-,36?,37?,38?,39?,40?,41?,42?;7-,8-,9-,10-,11-,12-,13-,14-,15-,16-,17-,18-,19-,20-,21-,22-,23-,24-,25-,26-,27-,28-,29?,30?,31?,32?,33?,34?,35?,36?/m11/s1. The molecule has 17 unspecified atom stereocenters. The molecule has 143 heavy (non-hydrogen) atoms. The maximum Gasteiger partial charge on any atom is 0.187 e. The average molecular weight is 2110 g/mol. The summed E-state index contributed by atoms with van der Waals surface area (Å²) in [5.41, 5.74) is 0. The van der Waals surface area contributed by atoms with E-state index in [1.54, 1.807) is 0 Å². The first-order valence-electron chi connectivity index (χ1n) is 45.7. The molecule has 43 aliphatic heterocycles. The first kappa shape index (κ1) is 116. The van der Waals surface area contributed by atoms with E-state index in [0.717, 1.165) is 0 Å². The maximum absolute atomic E-state index is 11.3. The van der Waals surface area contributed by atoms with Crippen molar-refractivity contribution in [2.45, 2.75) is 399 Å². The Bertz CT molecular complexity index is 3170. The Hall–Kier alpha value is -2.60. The SMILES string of the molecule is OC[C@H]1OC2OC3[C@@H](CO)OC(O[C@H]4[C@H](O)[C@@H](O)C(O[C@H]5[C@H](O)[C@@H](O)C(O[C@H]6[C@H](O)[C@@H](O)C(O[C@H]7[C@H](O)[C@@H](O)C(OC1[C@H](O)[C@H]2O)O[C@@H]7CO)O[C@@H]6CO)O[C@@H]5CO)O[C@@H]4CO)[C@H](O)[C@H]3O.OC[C@H]1OC2O[C@H]3[C@H](O)[C@@H](O)C(OC4[C@@H](CO)OC(O[C@H]5[C@H](O)[C@@H](O)C(O[C@H]6[C@H](O)[C@@H](O)C(O[C@H]7[C@H](O)[C@@H](O)C(O[C@H]8[C@H](O)[C@@H](O)C(OC1[C@H](O)[C@H]2O)O[C@@H]8CO)O[C@@H]7CO)O[C@@H]6CO)O[C@@H]5CO)[C@H](O)[C@H]4O)O[C@@H]3CO. The van der Waals surface area contributed by atoms with Gasteiger partial charge in [-0.2, -0.15) is 0 Å². The van der Waals surface area contributed by atoms with E-state index in [-0.39, 0.29) is 0 Å². The Labute approximate surface area is 805 Å². The van der Waals surface area contributed by atoms with Crippen molar-refractivity contribution >= 4 is 0 Å². The molecule has 65 nitrogen and oxygen atoms in total. The van der Waals surface area contributed by atoms with Gasteiger partial charge in [-0.3, -0.25) is 0 Å². The monoisotopic (exact) mass is 2110 g/mol. The molecule has 43 fully saturated rings. The van der Waals surface area contributed by atoms with Crippen molar-refractivity contribution in [1.29, 1.82) is 0 Å². The van der Waals surface area contributed by atoms with E-state index >= 15 is 0 Å². The minimum absolute atomic E-state index is 0.999. The third kappa shape index (κ3) is 23.4. The Kier molecular flexibility index (Phi) is 40.4. The fourth-order valence-corrected chi connectivity index (χ4v) is 19.3. The van der Waals surface area contributed by atoms with Crippen LogP contribution in [0.1, 0.15) is 0 Å². The zero-order valence-corrected chi connectivity index (χ0v) is 74.8. The molecule has 832 valence electrons. The average Bonchev–Trinajstić information content (AvgIpc) is 0.950. The number of rotatable bonds is 13. The number of aliphatic hydroxyl groups is 39. The van der Waals surface area contributed by atoms with Crippen LogP contribution in [0.2, 0.25) is 0 Å². The second-order valence-electron chi connectivity index (χ2n) is 36.5. The zero-order chi connectivity index (χ0) is 104. The van der Waals surface area contributed by atoms with Crippen LogP contribution in [-0.2, 0) is 123 Å². The topological polar surface area (TPSA) is 1030 Å². The Balaban J connectivity index is 0.000000230. The van der Waals surface area contributed by atoms with Gasteiger partial charge in [-0.25, -0.2) is 0 Å². The molecule has 0 saturated carbocycles. The Morgan fingerprint density at radius 1 is 0.0839 bits per heavy atom. The van der Waals surface area contributed by atoms with Crippen LogP contribution in [0.4, 0.5) is 0 Å². The number of ether oxygens (including phenoxy) is 26. The summed E-state index contributed by atoms with van der Waals surface area (Å²) < 4.78 is 147. The van der Waals surface area contributed by atoms with Gasteiger partial charge in [0.1, 0.15) is 317 Å².